The maximum Gasteiger partial charge on any atom is 0.222 e. The van der Waals surface area contributed by atoms with Crippen LogP contribution in [0.3, 0.4) is 0 Å². The first-order valence-electron chi connectivity index (χ1n) is 9.16. The minimum Gasteiger partial charge on any atom is -0.378 e. The van der Waals surface area contributed by atoms with Gasteiger partial charge in [-0.05, 0) is 56.5 Å². The van der Waals surface area contributed by atoms with E-state index in [-0.39, 0.29) is 12.4 Å². The zero-order valence-corrected chi connectivity index (χ0v) is 15.9. The summed E-state index contributed by atoms with van der Waals surface area (Å²) in [7, 11) is 0. The van der Waals surface area contributed by atoms with Crippen molar-refractivity contribution in [2.24, 2.45) is 17.8 Å². The fourth-order valence-electron chi connectivity index (χ4n) is 3.58. The third-order valence-electron chi connectivity index (χ3n) is 5.15. The Kier molecular flexibility index (Phi) is 9.48. The molecule has 0 bridgehead atoms. The smallest absolute Gasteiger partial charge is 0.222 e. The first kappa shape index (κ1) is 20.7. The van der Waals surface area contributed by atoms with E-state index in [0.29, 0.717) is 23.8 Å². The fraction of sp³-hybridized carbons (Fsp3) is 0.944. The molecule has 0 aromatic rings. The Balaban J connectivity index is 0.00000264. The van der Waals surface area contributed by atoms with Gasteiger partial charge in [-0.3, -0.25) is 4.79 Å². The number of hydrogen-bond acceptors (Lipinski definition) is 3. The molecule has 136 valence electrons. The third-order valence-corrected chi connectivity index (χ3v) is 5.15. The minimum atomic E-state index is 0. The second-order valence-corrected chi connectivity index (χ2v) is 7.58. The van der Waals surface area contributed by atoms with Gasteiger partial charge < -0.3 is 15.0 Å². The van der Waals surface area contributed by atoms with Crippen molar-refractivity contribution in [2.45, 2.75) is 59.0 Å². The van der Waals surface area contributed by atoms with E-state index in [1.807, 2.05) is 0 Å². The highest BCUT2D eigenvalue weighted by Gasteiger charge is 2.27. The predicted octanol–water partition coefficient (Wildman–Crippen LogP) is 3.10. The van der Waals surface area contributed by atoms with Gasteiger partial charge in [-0.1, -0.05) is 20.8 Å². The zero-order valence-electron chi connectivity index (χ0n) is 15.1. The lowest BCUT2D eigenvalue weighted by molar-refractivity contribution is -0.135. The largest absolute Gasteiger partial charge is 0.378 e. The Morgan fingerprint density at radius 2 is 1.74 bits per heavy atom. The highest BCUT2D eigenvalue weighted by Crippen LogP contribution is 2.25. The van der Waals surface area contributed by atoms with Gasteiger partial charge in [0.1, 0.15) is 0 Å². The van der Waals surface area contributed by atoms with E-state index < -0.39 is 0 Å². The van der Waals surface area contributed by atoms with Gasteiger partial charge in [0.2, 0.25) is 5.91 Å². The molecule has 2 rings (SSSR count). The number of likely N-dealkylation sites (tertiary alicyclic amines) is 1. The van der Waals surface area contributed by atoms with Crippen LogP contribution in [0, 0.1) is 17.8 Å². The molecule has 1 amide bonds. The number of rotatable bonds is 6. The van der Waals surface area contributed by atoms with Crippen LogP contribution < -0.4 is 5.32 Å². The average molecular weight is 347 g/mol. The number of hydrogen-bond donors (Lipinski definition) is 1. The number of halogens is 1. The van der Waals surface area contributed by atoms with Crippen molar-refractivity contribution in [1.82, 2.24) is 10.2 Å². The highest BCUT2D eigenvalue weighted by atomic mass is 35.5. The van der Waals surface area contributed by atoms with Gasteiger partial charge in [0.25, 0.3) is 0 Å². The first-order valence-corrected chi connectivity index (χ1v) is 9.16. The zero-order chi connectivity index (χ0) is 15.9. The van der Waals surface area contributed by atoms with Crippen LogP contribution in [-0.2, 0) is 9.53 Å². The monoisotopic (exact) mass is 346 g/mol. The predicted molar refractivity (Wildman–Crippen MR) is 97.0 cm³/mol. The molecule has 2 fully saturated rings. The molecular weight excluding hydrogens is 312 g/mol. The molecule has 2 aliphatic rings. The van der Waals surface area contributed by atoms with E-state index in [1.54, 1.807) is 0 Å². The molecule has 0 aromatic carbocycles. The lowest BCUT2D eigenvalue weighted by Crippen LogP contribution is -2.42. The molecule has 2 saturated heterocycles. The molecule has 0 radical (unpaired) electrons. The molecule has 0 spiro atoms. The van der Waals surface area contributed by atoms with Gasteiger partial charge in [0.15, 0.2) is 0 Å². The quantitative estimate of drug-likeness (QED) is 0.803. The molecule has 5 heteroatoms. The van der Waals surface area contributed by atoms with E-state index in [9.17, 15) is 4.79 Å². The minimum absolute atomic E-state index is 0. The summed E-state index contributed by atoms with van der Waals surface area (Å²) in [5, 5.41) is 3.40. The average Bonchev–Trinajstić information content (AvgIpc) is 2.54. The molecule has 1 N–H and O–H groups in total. The maximum atomic E-state index is 12.5. The van der Waals surface area contributed by atoms with Crippen LogP contribution >= 0.6 is 12.4 Å². The summed E-state index contributed by atoms with van der Waals surface area (Å²) in [6, 6.07) is 0. The number of nitrogens with zero attached hydrogens (tertiary/aromatic N) is 1. The fourth-order valence-corrected chi connectivity index (χ4v) is 3.58. The molecule has 0 aliphatic carbocycles. The third kappa shape index (κ3) is 6.98. The van der Waals surface area contributed by atoms with Crippen LogP contribution in [0.5, 0.6) is 0 Å². The van der Waals surface area contributed by atoms with Crippen molar-refractivity contribution >= 4 is 18.3 Å². The van der Waals surface area contributed by atoms with Gasteiger partial charge in [-0.2, -0.15) is 0 Å². The van der Waals surface area contributed by atoms with Crippen molar-refractivity contribution in [3.8, 4) is 0 Å². The molecule has 4 nitrogen and oxygen atoms in total. The van der Waals surface area contributed by atoms with Crippen molar-refractivity contribution in [3.05, 3.63) is 0 Å². The number of ether oxygens (including phenoxy) is 1. The number of carbonyl (C=O) groups is 1. The summed E-state index contributed by atoms with van der Waals surface area (Å²) in [6.07, 6.45) is 5.52. The first-order chi connectivity index (χ1) is 10.6. The molecule has 0 saturated carbocycles. The second-order valence-electron chi connectivity index (χ2n) is 7.58. The Bertz CT molecular complexity index is 338. The molecule has 0 aromatic heterocycles. The molecule has 1 unspecified atom stereocenters. The summed E-state index contributed by atoms with van der Waals surface area (Å²) in [5.41, 5.74) is 0. The lowest BCUT2D eigenvalue weighted by Gasteiger charge is -2.34. The van der Waals surface area contributed by atoms with Crippen LogP contribution in [0.15, 0.2) is 0 Å². The number of piperidine rings is 2. The van der Waals surface area contributed by atoms with Crippen molar-refractivity contribution < 1.29 is 9.53 Å². The Morgan fingerprint density at radius 1 is 1.13 bits per heavy atom. The van der Waals surface area contributed by atoms with Gasteiger partial charge >= 0.3 is 0 Å². The van der Waals surface area contributed by atoms with Crippen LogP contribution in [0.25, 0.3) is 0 Å². The maximum absolute atomic E-state index is 12.5. The number of amides is 1. The summed E-state index contributed by atoms with van der Waals surface area (Å²) in [5.74, 6) is 2.18. The summed E-state index contributed by atoms with van der Waals surface area (Å²) in [4.78, 5) is 14.6. The van der Waals surface area contributed by atoms with E-state index in [1.165, 1.54) is 12.8 Å². The highest BCUT2D eigenvalue weighted by molar-refractivity contribution is 5.85. The van der Waals surface area contributed by atoms with E-state index in [0.717, 1.165) is 58.0 Å². The summed E-state index contributed by atoms with van der Waals surface area (Å²) < 4.78 is 5.90. The van der Waals surface area contributed by atoms with Crippen LogP contribution in [0.4, 0.5) is 0 Å². The molecule has 2 aliphatic heterocycles. The van der Waals surface area contributed by atoms with Gasteiger partial charge in [-0.25, -0.2) is 0 Å². The second kappa shape index (κ2) is 10.5. The van der Waals surface area contributed by atoms with Crippen molar-refractivity contribution in [3.63, 3.8) is 0 Å². The lowest BCUT2D eigenvalue weighted by atomic mass is 9.84. The van der Waals surface area contributed by atoms with Gasteiger partial charge in [0, 0.05) is 26.1 Å². The molecule has 2 heterocycles. The Hall–Kier alpha value is -0.320. The normalized spacial score (nSPS) is 22.0. The molecule has 1 atom stereocenters. The van der Waals surface area contributed by atoms with Crippen molar-refractivity contribution in [2.75, 3.05) is 32.8 Å². The van der Waals surface area contributed by atoms with E-state index in [4.69, 9.17) is 4.74 Å². The Morgan fingerprint density at radius 3 is 2.30 bits per heavy atom. The topological polar surface area (TPSA) is 41.6 Å². The van der Waals surface area contributed by atoms with Gasteiger partial charge in [-0.15, -0.1) is 12.4 Å². The van der Waals surface area contributed by atoms with Crippen LogP contribution in [-0.4, -0.2) is 49.7 Å². The number of carbonyl (C=O) groups excluding carboxylic acids is 1. The Labute approximate surface area is 148 Å². The van der Waals surface area contributed by atoms with Crippen molar-refractivity contribution in [1.29, 1.82) is 0 Å². The summed E-state index contributed by atoms with van der Waals surface area (Å²) >= 11 is 0. The van der Waals surface area contributed by atoms with E-state index in [2.05, 4.69) is 31.0 Å². The van der Waals surface area contributed by atoms with Gasteiger partial charge in [0.05, 0.1) is 6.10 Å². The molecule has 23 heavy (non-hydrogen) atoms. The standard InChI is InChI=1S/C18H34N2O2.ClH/c1-14(2)13-22-17-6-10-20(11-7-17)18(21)12-15(3)16-4-8-19-9-5-16;/h14-17,19H,4-13H2,1-3H3;1H. The van der Waals surface area contributed by atoms with Crippen LogP contribution in [0.2, 0.25) is 0 Å². The SMILES string of the molecule is CC(C)COC1CCN(C(=O)CC(C)C2CCNCC2)CC1.Cl. The summed E-state index contributed by atoms with van der Waals surface area (Å²) in [6.45, 7) is 11.4. The van der Waals surface area contributed by atoms with Crippen LogP contribution in [0.1, 0.15) is 52.9 Å². The van der Waals surface area contributed by atoms with E-state index >= 15 is 0 Å². The number of nitrogens with one attached hydrogen (secondary N) is 1. The molecular formula is C18H35ClN2O2.